The number of aliphatic hydroxyl groups excluding tert-OH is 1. The van der Waals surface area contributed by atoms with Crippen molar-refractivity contribution in [3.05, 3.63) is 0 Å². The minimum Gasteiger partial charge on any atom is -0.462 e. The Bertz CT molecular complexity index is 1850. The Morgan fingerprint density at radius 3 is 0.755 bits per heavy atom. The van der Waals surface area contributed by atoms with Crippen LogP contribution < -0.4 is 0 Å². The molecule has 0 spiro atoms. The standard InChI is InChI=1S/C75H146O17P2/c1-9-67(7)53-45-37-28-24-21-22-25-29-39-47-55-72(77)85-61-70(91-74(79)57-49-41-30-26-20-18-16-14-12-11-13-15-17-19-23-27-35-43-51-65(3)4)63-89-93(81,82)87-59-69(76)60-88-94(83,84)90-64-71(92-75(80)58-50-42-33-31-36-44-52-66(5)6)62-86-73(78)56-48-40-34-32-38-46-54-68(8)10-2/h65-71,76H,9-64H2,1-8H3,(H,81,82)(H,83,84)/t67?,68?,69-,70-,71-/m1/s1. The lowest BCUT2D eigenvalue weighted by atomic mass is 9.99. The molecule has 0 aliphatic carbocycles. The van der Waals surface area contributed by atoms with Crippen molar-refractivity contribution in [1.82, 2.24) is 0 Å². The van der Waals surface area contributed by atoms with E-state index < -0.39 is 97.5 Å². The van der Waals surface area contributed by atoms with Gasteiger partial charge >= 0.3 is 39.5 Å². The largest absolute Gasteiger partial charge is 0.472 e. The summed E-state index contributed by atoms with van der Waals surface area (Å²) >= 11 is 0. The summed E-state index contributed by atoms with van der Waals surface area (Å²) in [4.78, 5) is 72.7. The van der Waals surface area contributed by atoms with Crippen molar-refractivity contribution < 1.29 is 80.2 Å². The number of ether oxygens (including phenoxy) is 4. The quantitative estimate of drug-likeness (QED) is 0.0222. The fourth-order valence-electron chi connectivity index (χ4n) is 11.3. The highest BCUT2D eigenvalue weighted by Gasteiger charge is 2.30. The lowest BCUT2D eigenvalue weighted by Gasteiger charge is -2.21. The maximum Gasteiger partial charge on any atom is 0.472 e. The molecule has 0 aromatic heterocycles. The summed E-state index contributed by atoms with van der Waals surface area (Å²) in [5.41, 5.74) is 0. The van der Waals surface area contributed by atoms with Gasteiger partial charge in [0.25, 0.3) is 0 Å². The molecule has 7 atom stereocenters. The summed E-state index contributed by atoms with van der Waals surface area (Å²) in [5.74, 6) is 0.901. The van der Waals surface area contributed by atoms with E-state index in [1.807, 2.05) is 0 Å². The van der Waals surface area contributed by atoms with E-state index in [1.165, 1.54) is 173 Å². The average molecular weight is 1380 g/mol. The first kappa shape index (κ1) is 92.1. The van der Waals surface area contributed by atoms with E-state index in [9.17, 15) is 43.2 Å². The Kier molecular flexibility index (Phi) is 63.1. The van der Waals surface area contributed by atoms with Gasteiger partial charge in [-0.3, -0.25) is 37.3 Å². The summed E-state index contributed by atoms with van der Waals surface area (Å²) < 4.78 is 68.4. The molecule has 3 N–H and O–H groups in total. The zero-order valence-corrected chi connectivity index (χ0v) is 63.4. The third-order valence-electron chi connectivity index (χ3n) is 18.0. The molecule has 0 rings (SSSR count). The molecule has 0 fully saturated rings. The van der Waals surface area contributed by atoms with Gasteiger partial charge in [0.15, 0.2) is 12.2 Å². The maximum absolute atomic E-state index is 13.1. The first-order chi connectivity index (χ1) is 45.2. The van der Waals surface area contributed by atoms with Crippen LogP contribution in [0.25, 0.3) is 0 Å². The number of rotatable bonds is 72. The van der Waals surface area contributed by atoms with Gasteiger partial charge in [-0.15, -0.1) is 0 Å². The molecule has 0 aromatic rings. The van der Waals surface area contributed by atoms with Gasteiger partial charge in [-0.2, -0.15) is 0 Å². The second-order valence-electron chi connectivity index (χ2n) is 28.5. The van der Waals surface area contributed by atoms with E-state index >= 15 is 0 Å². The molecular formula is C75H146O17P2. The topological polar surface area (TPSA) is 237 Å². The summed E-state index contributed by atoms with van der Waals surface area (Å²) in [5, 5.41) is 10.6. The van der Waals surface area contributed by atoms with E-state index in [4.69, 9.17) is 37.0 Å². The monoisotopic (exact) mass is 1380 g/mol. The van der Waals surface area contributed by atoms with Crippen molar-refractivity contribution in [2.24, 2.45) is 23.7 Å². The normalized spacial score (nSPS) is 14.7. The number of phosphoric ester groups is 2. The Morgan fingerprint density at radius 2 is 0.511 bits per heavy atom. The van der Waals surface area contributed by atoms with Crippen LogP contribution >= 0.6 is 15.6 Å². The molecule has 558 valence electrons. The number of phosphoric acid groups is 2. The van der Waals surface area contributed by atoms with Crippen LogP contribution in [-0.4, -0.2) is 96.7 Å². The van der Waals surface area contributed by atoms with Crippen LogP contribution in [-0.2, 0) is 65.4 Å². The van der Waals surface area contributed by atoms with Gasteiger partial charge in [-0.05, 0) is 49.4 Å². The van der Waals surface area contributed by atoms with E-state index in [2.05, 4.69) is 55.4 Å². The molecule has 94 heavy (non-hydrogen) atoms. The molecular weight excluding hydrogens is 1230 g/mol. The zero-order valence-electron chi connectivity index (χ0n) is 61.6. The predicted octanol–water partition coefficient (Wildman–Crippen LogP) is 21.7. The van der Waals surface area contributed by atoms with Gasteiger partial charge < -0.3 is 33.8 Å². The third-order valence-corrected chi connectivity index (χ3v) is 19.9. The summed E-state index contributed by atoms with van der Waals surface area (Å²) in [7, 11) is -9.91. The Morgan fingerprint density at radius 1 is 0.298 bits per heavy atom. The molecule has 0 aliphatic rings. The van der Waals surface area contributed by atoms with Crippen LogP contribution in [0.5, 0.6) is 0 Å². The molecule has 0 aliphatic heterocycles. The minimum absolute atomic E-state index is 0.101. The first-order valence-electron chi connectivity index (χ1n) is 38.8. The molecule has 0 radical (unpaired) electrons. The third kappa shape index (κ3) is 66.0. The number of hydrogen-bond acceptors (Lipinski definition) is 15. The van der Waals surface area contributed by atoms with Gasteiger partial charge in [0.05, 0.1) is 26.4 Å². The molecule has 0 aromatic carbocycles. The van der Waals surface area contributed by atoms with Gasteiger partial charge in [0.1, 0.15) is 19.3 Å². The van der Waals surface area contributed by atoms with Crippen molar-refractivity contribution in [2.45, 2.75) is 395 Å². The van der Waals surface area contributed by atoms with E-state index in [1.54, 1.807) is 0 Å². The highest BCUT2D eigenvalue weighted by molar-refractivity contribution is 7.47. The maximum atomic E-state index is 13.1. The highest BCUT2D eigenvalue weighted by atomic mass is 31.2. The van der Waals surface area contributed by atoms with Gasteiger partial charge in [-0.25, -0.2) is 9.13 Å². The minimum atomic E-state index is -4.96. The van der Waals surface area contributed by atoms with Crippen LogP contribution in [0.15, 0.2) is 0 Å². The summed E-state index contributed by atoms with van der Waals surface area (Å²) in [6.07, 6.45) is 48.9. The Balaban J connectivity index is 5.19. The lowest BCUT2D eigenvalue weighted by molar-refractivity contribution is -0.161. The Hall–Kier alpha value is -1.94. The van der Waals surface area contributed by atoms with Crippen molar-refractivity contribution in [3.8, 4) is 0 Å². The second-order valence-corrected chi connectivity index (χ2v) is 31.4. The average Bonchev–Trinajstić information content (AvgIpc) is 1.73. The van der Waals surface area contributed by atoms with E-state index in [0.29, 0.717) is 31.6 Å². The number of hydrogen-bond donors (Lipinski definition) is 3. The lowest BCUT2D eigenvalue weighted by Crippen LogP contribution is -2.30. The molecule has 4 unspecified atom stereocenters. The molecule has 19 heteroatoms. The fourth-order valence-corrected chi connectivity index (χ4v) is 12.9. The van der Waals surface area contributed by atoms with Crippen LogP contribution in [0.2, 0.25) is 0 Å². The highest BCUT2D eigenvalue weighted by Crippen LogP contribution is 2.45. The van der Waals surface area contributed by atoms with Crippen molar-refractivity contribution in [3.63, 3.8) is 0 Å². The SMILES string of the molecule is CCC(C)CCCCCCCCCCCCC(=O)OC[C@H](COP(=O)(O)OC[C@@H](O)COP(=O)(O)OC[C@@H](COC(=O)CCCCCCCCC(C)CC)OC(=O)CCCCCCCCC(C)C)OC(=O)CCCCCCCCCCCCCCCCCCCCC(C)C. The molecule has 0 saturated heterocycles. The molecule has 0 heterocycles. The van der Waals surface area contributed by atoms with E-state index in [0.717, 1.165) is 114 Å². The van der Waals surface area contributed by atoms with Crippen LogP contribution in [0.4, 0.5) is 0 Å². The predicted molar refractivity (Wildman–Crippen MR) is 381 cm³/mol. The molecule has 0 bridgehead atoms. The van der Waals surface area contributed by atoms with Gasteiger partial charge in [-0.1, -0.05) is 325 Å². The number of carbonyl (C=O) groups is 4. The molecule has 0 saturated carbocycles. The number of esters is 4. The zero-order chi connectivity index (χ0) is 69.6. The van der Waals surface area contributed by atoms with Crippen molar-refractivity contribution in [2.75, 3.05) is 39.6 Å². The second kappa shape index (κ2) is 64.4. The van der Waals surface area contributed by atoms with E-state index in [-0.39, 0.29) is 25.7 Å². The van der Waals surface area contributed by atoms with Crippen molar-refractivity contribution >= 4 is 39.5 Å². The van der Waals surface area contributed by atoms with Gasteiger partial charge in [0, 0.05) is 25.7 Å². The summed E-state index contributed by atoms with van der Waals surface area (Å²) in [6.45, 7) is 14.1. The Labute approximate surface area is 575 Å². The van der Waals surface area contributed by atoms with Crippen LogP contribution in [0, 0.1) is 23.7 Å². The number of carbonyl (C=O) groups excluding carboxylic acids is 4. The number of unbranched alkanes of at least 4 members (excludes halogenated alkanes) is 36. The van der Waals surface area contributed by atoms with Gasteiger partial charge in [0.2, 0.25) is 0 Å². The number of aliphatic hydroxyl groups is 1. The van der Waals surface area contributed by atoms with Crippen LogP contribution in [0.3, 0.4) is 0 Å². The molecule has 0 amide bonds. The summed E-state index contributed by atoms with van der Waals surface area (Å²) in [6, 6.07) is 0. The van der Waals surface area contributed by atoms with Crippen molar-refractivity contribution in [1.29, 1.82) is 0 Å². The fraction of sp³-hybridized carbons (Fsp3) is 0.947. The molecule has 17 nitrogen and oxygen atoms in total. The van der Waals surface area contributed by atoms with Crippen LogP contribution in [0.1, 0.15) is 376 Å². The smallest absolute Gasteiger partial charge is 0.462 e. The first-order valence-corrected chi connectivity index (χ1v) is 41.8.